The van der Waals surface area contributed by atoms with Crippen LogP contribution in [0.15, 0.2) is 24.4 Å². The Morgan fingerprint density at radius 3 is 2.50 bits per heavy atom. The van der Waals surface area contributed by atoms with E-state index in [1.165, 1.54) is 0 Å². The average Bonchev–Trinajstić information content (AvgIpc) is 3.12. The van der Waals surface area contributed by atoms with Gasteiger partial charge >= 0.3 is 12.1 Å². The van der Waals surface area contributed by atoms with Gasteiger partial charge in [-0.1, -0.05) is 0 Å². The van der Waals surface area contributed by atoms with E-state index in [0.717, 1.165) is 18.3 Å². The molecule has 8 nitrogen and oxygen atoms in total. The second-order valence-electron chi connectivity index (χ2n) is 8.40. The summed E-state index contributed by atoms with van der Waals surface area (Å²) in [6.07, 6.45) is 0.909. The number of hydrogen-bond acceptors (Lipinski definition) is 6. The molecule has 1 saturated heterocycles. The van der Waals surface area contributed by atoms with Crippen LogP contribution in [0.3, 0.4) is 0 Å². The number of rotatable bonds is 4. The minimum atomic E-state index is -1.31. The van der Waals surface area contributed by atoms with E-state index < -0.39 is 29.3 Å². The van der Waals surface area contributed by atoms with Crippen molar-refractivity contribution in [1.82, 2.24) is 10.3 Å². The minimum Gasteiger partial charge on any atom is -0.478 e. The largest absolute Gasteiger partial charge is 0.478 e. The Bertz CT molecular complexity index is 1090. The Balaban J connectivity index is 2.03. The van der Waals surface area contributed by atoms with Crippen LogP contribution < -0.4 is 10.2 Å². The van der Waals surface area contributed by atoms with Crippen LogP contribution in [0, 0.1) is 23.0 Å². The van der Waals surface area contributed by atoms with Gasteiger partial charge in [-0.2, -0.15) is 5.26 Å². The zero-order valence-corrected chi connectivity index (χ0v) is 17.8. The number of nitrogens with zero attached hydrogens (tertiary/aromatic N) is 3. The van der Waals surface area contributed by atoms with Gasteiger partial charge in [0, 0.05) is 30.9 Å². The highest BCUT2D eigenvalue weighted by Crippen LogP contribution is 2.38. The summed E-state index contributed by atoms with van der Waals surface area (Å²) >= 11 is 0. The molecule has 10 heteroatoms. The molecule has 1 aromatic heterocycles. The third-order valence-electron chi connectivity index (χ3n) is 4.76. The second kappa shape index (κ2) is 8.78. The van der Waals surface area contributed by atoms with Crippen LogP contribution in [-0.2, 0) is 4.74 Å². The number of benzene rings is 1. The maximum atomic E-state index is 13.9. The first-order chi connectivity index (χ1) is 15.0. The number of nitriles is 1. The summed E-state index contributed by atoms with van der Waals surface area (Å²) in [7, 11) is 0. The number of nitrogens with one attached hydrogen (secondary N) is 1. The Morgan fingerprint density at radius 2 is 1.94 bits per heavy atom. The van der Waals surface area contributed by atoms with Gasteiger partial charge < -0.3 is 20.1 Å². The zero-order valence-electron chi connectivity index (χ0n) is 17.8. The van der Waals surface area contributed by atoms with Gasteiger partial charge in [0.25, 0.3) is 0 Å². The quantitative estimate of drug-likeness (QED) is 0.739. The fraction of sp³-hybridized carbons (Fsp3) is 0.364. The molecule has 1 unspecified atom stereocenters. The first kappa shape index (κ1) is 22.9. The summed E-state index contributed by atoms with van der Waals surface area (Å²) in [5, 5.41) is 22.0. The Morgan fingerprint density at radius 1 is 1.28 bits per heavy atom. The van der Waals surface area contributed by atoms with Gasteiger partial charge in [-0.15, -0.1) is 0 Å². The third kappa shape index (κ3) is 5.11. The fourth-order valence-electron chi connectivity index (χ4n) is 3.60. The van der Waals surface area contributed by atoms with Crippen molar-refractivity contribution >= 4 is 17.7 Å². The highest BCUT2D eigenvalue weighted by Gasteiger charge is 2.32. The smallest absolute Gasteiger partial charge is 0.407 e. The lowest BCUT2D eigenvalue weighted by Gasteiger charge is -2.25. The van der Waals surface area contributed by atoms with Crippen LogP contribution in [0.25, 0.3) is 11.1 Å². The van der Waals surface area contributed by atoms with Gasteiger partial charge in [0.1, 0.15) is 34.6 Å². The molecule has 0 aliphatic carbocycles. The summed E-state index contributed by atoms with van der Waals surface area (Å²) in [5.74, 6) is -3.05. The van der Waals surface area contributed by atoms with Crippen molar-refractivity contribution < 1.29 is 28.2 Å². The van der Waals surface area contributed by atoms with Crippen LogP contribution in [0.5, 0.6) is 0 Å². The van der Waals surface area contributed by atoms with Gasteiger partial charge in [-0.3, -0.25) is 0 Å². The first-order valence-corrected chi connectivity index (χ1v) is 9.86. The van der Waals surface area contributed by atoms with Gasteiger partial charge in [-0.05, 0) is 44.9 Å². The number of alkyl carbamates (subject to hydrolysis) is 1. The molecule has 2 heterocycles. The summed E-state index contributed by atoms with van der Waals surface area (Å²) < 4.78 is 33.1. The molecule has 2 aromatic rings. The van der Waals surface area contributed by atoms with Crippen molar-refractivity contribution in [2.45, 2.75) is 38.8 Å². The van der Waals surface area contributed by atoms with Crippen LogP contribution in [0.1, 0.15) is 43.2 Å². The number of carbonyl (C=O) groups is 2. The summed E-state index contributed by atoms with van der Waals surface area (Å²) in [4.78, 5) is 29.6. The molecule has 0 spiro atoms. The Kier molecular flexibility index (Phi) is 6.30. The molecule has 168 valence electrons. The summed E-state index contributed by atoms with van der Waals surface area (Å²) in [5.41, 5.74) is -0.945. The van der Waals surface area contributed by atoms with E-state index >= 15 is 0 Å². The molecule has 1 amide bonds. The third-order valence-corrected chi connectivity index (χ3v) is 4.76. The highest BCUT2D eigenvalue weighted by atomic mass is 19.1. The summed E-state index contributed by atoms with van der Waals surface area (Å²) in [6, 6.07) is 4.22. The van der Waals surface area contributed by atoms with Crippen molar-refractivity contribution in [3.63, 3.8) is 0 Å². The number of ether oxygens (including phenoxy) is 1. The number of hydrogen-bond donors (Lipinski definition) is 2. The van der Waals surface area contributed by atoms with E-state index in [2.05, 4.69) is 10.3 Å². The maximum Gasteiger partial charge on any atom is 0.407 e. The van der Waals surface area contributed by atoms with E-state index in [1.807, 2.05) is 6.07 Å². The Hall–Kier alpha value is -3.74. The lowest BCUT2D eigenvalue weighted by molar-refractivity contribution is 0.0508. The molecular formula is C22H22F2N4O4. The predicted octanol–water partition coefficient (Wildman–Crippen LogP) is 3.70. The molecule has 1 aliphatic rings. The van der Waals surface area contributed by atoms with Gasteiger partial charge in [-0.25, -0.2) is 23.4 Å². The molecule has 1 aliphatic heterocycles. The van der Waals surface area contributed by atoms with Crippen LogP contribution >= 0.6 is 0 Å². The number of carboxylic acids is 1. The highest BCUT2D eigenvalue weighted by molar-refractivity contribution is 6.00. The van der Waals surface area contributed by atoms with Crippen molar-refractivity contribution in [2.75, 3.05) is 18.0 Å². The van der Waals surface area contributed by atoms with Gasteiger partial charge in [0.05, 0.1) is 11.7 Å². The number of aromatic nitrogens is 1. The Labute approximate surface area is 183 Å². The molecule has 0 saturated carbocycles. The number of carbonyl (C=O) groups excluding carboxylic acids is 1. The molecule has 0 radical (unpaired) electrons. The standard InChI is InChI=1S/C22H22F2N4O4/c1-22(2,3)32-21(31)27-15-4-5-28(11-15)19-16(20(29)30)10-26-17(9-25)18(19)12-6-13(23)8-14(24)7-12/h6-8,10,15H,4-5,11H2,1-3H3,(H,27,31)(H,29,30). The van der Waals surface area contributed by atoms with E-state index in [4.69, 9.17) is 4.74 Å². The minimum absolute atomic E-state index is 0.00629. The lowest BCUT2D eigenvalue weighted by atomic mass is 9.98. The van der Waals surface area contributed by atoms with Crippen LogP contribution in [0.2, 0.25) is 0 Å². The van der Waals surface area contributed by atoms with Crippen molar-refractivity contribution in [2.24, 2.45) is 0 Å². The fourth-order valence-corrected chi connectivity index (χ4v) is 3.60. The summed E-state index contributed by atoms with van der Waals surface area (Å²) in [6.45, 7) is 5.74. The normalized spacial score (nSPS) is 15.9. The molecule has 1 aromatic carbocycles. The molecule has 1 fully saturated rings. The molecule has 32 heavy (non-hydrogen) atoms. The van der Waals surface area contributed by atoms with Gasteiger partial charge in [0.15, 0.2) is 0 Å². The molecule has 0 bridgehead atoms. The average molecular weight is 444 g/mol. The van der Waals surface area contributed by atoms with E-state index in [0.29, 0.717) is 19.0 Å². The predicted molar refractivity (Wildman–Crippen MR) is 111 cm³/mol. The van der Waals surface area contributed by atoms with Crippen molar-refractivity contribution in [3.05, 3.63) is 47.3 Å². The number of carboxylic acid groups (broad SMARTS) is 1. The number of halogens is 2. The maximum absolute atomic E-state index is 13.9. The molecule has 1 atom stereocenters. The number of pyridine rings is 1. The first-order valence-electron chi connectivity index (χ1n) is 9.86. The van der Waals surface area contributed by atoms with E-state index in [-0.39, 0.29) is 40.7 Å². The topological polar surface area (TPSA) is 116 Å². The van der Waals surface area contributed by atoms with E-state index in [1.54, 1.807) is 25.7 Å². The van der Waals surface area contributed by atoms with Crippen LogP contribution in [-0.4, -0.2) is 46.9 Å². The molecule has 2 N–H and O–H groups in total. The zero-order chi connectivity index (χ0) is 23.6. The SMILES string of the molecule is CC(C)(C)OC(=O)NC1CCN(c2c(C(=O)O)cnc(C#N)c2-c2cc(F)cc(F)c2)C1. The second-order valence-corrected chi connectivity index (χ2v) is 8.40. The van der Waals surface area contributed by atoms with Crippen molar-refractivity contribution in [3.8, 4) is 17.2 Å². The number of amides is 1. The molecule has 3 rings (SSSR count). The monoisotopic (exact) mass is 444 g/mol. The number of anilines is 1. The van der Waals surface area contributed by atoms with Gasteiger partial charge in [0.2, 0.25) is 0 Å². The van der Waals surface area contributed by atoms with Crippen LogP contribution in [0.4, 0.5) is 19.3 Å². The van der Waals surface area contributed by atoms with Crippen molar-refractivity contribution in [1.29, 1.82) is 5.26 Å². The van der Waals surface area contributed by atoms with E-state index in [9.17, 15) is 28.7 Å². The lowest BCUT2D eigenvalue weighted by Crippen LogP contribution is -2.40. The molecular weight excluding hydrogens is 422 g/mol. The number of aromatic carboxylic acids is 1.